The molecular weight excluding hydrogens is 453 g/mol. The Morgan fingerprint density at radius 3 is 1.47 bits per heavy atom. The Balaban J connectivity index is 1.86. The summed E-state index contributed by atoms with van der Waals surface area (Å²) in [6.45, 7) is 2.06. The van der Waals surface area contributed by atoms with E-state index in [2.05, 4.69) is 12.2 Å². The molecule has 1 aliphatic rings. The zero-order valence-corrected chi connectivity index (χ0v) is 22.6. The maximum absolute atomic E-state index is 12.1. The fourth-order valence-corrected chi connectivity index (χ4v) is 6.09. The van der Waals surface area contributed by atoms with E-state index in [-0.39, 0.29) is 19.4 Å². The summed E-state index contributed by atoms with van der Waals surface area (Å²) in [5.74, 6) is 0. The number of nitrogens with one attached hydrogen (secondary N) is 1. The molecule has 0 spiro atoms. The minimum absolute atomic E-state index is 0.161. The molecule has 0 aromatic rings. The lowest BCUT2D eigenvalue weighted by Crippen LogP contribution is -2.38. The Morgan fingerprint density at radius 2 is 1.09 bits per heavy atom. The Labute approximate surface area is 208 Å². The van der Waals surface area contributed by atoms with Crippen molar-refractivity contribution in [2.75, 3.05) is 19.4 Å². The second kappa shape index (κ2) is 20.1. The smallest absolute Gasteiger partial charge is 0.136 e. The van der Waals surface area contributed by atoms with Gasteiger partial charge in [-0.25, -0.2) is 0 Å². The Hall–Kier alpha value is -0.0100. The molecule has 0 aromatic heterocycles. The Morgan fingerprint density at radius 1 is 0.706 bits per heavy atom. The summed E-state index contributed by atoms with van der Waals surface area (Å²) in [6.07, 6.45) is 20.3. The van der Waals surface area contributed by atoms with Crippen LogP contribution in [0.2, 0.25) is 0 Å². The highest BCUT2D eigenvalue weighted by atomic mass is 31.2. The zero-order chi connectivity index (χ0) is 25.1. The molecule has 0 aromatic carbocycles. The van der Waals surface area contributed by atoms with E-state index >= 15 is 0 Å². The lowest BCUT2D eigenvalue weighted by Gasteiger charge is -2.27. The lowest BCUT2D eigenvalue weighted by atomic mass is 10.0. The molecule has 1 unspecified atom stereocenters. The van der Waals surface area contributed by atoms with Gasteiger partial charge in [-0.15, -0.1) is 0 Å². The van der Waals surface area contributed by atoms with E-state index in [1.54, 1.807) is 0 Å². The zero-order valence-electron chi connectivity index (χ0n) is 21.7. The number of hydrogen-bond acceptors (Lipinski definition) is 7. The SMILES string of the molecule is CCCCCCCCCCCCCCCCCCCCOP(=O)([O-])C[C@H]1N[C@H](CO)[C@@H](O)[C@@H]1O. The second-order valence-corrected chi connectivity index (χ2v) is 12.0. The van der Waals surface area contributed by atoms with Crippen LogP contribution < -0.4 is 10.2 Å². The van der Waals surface area contributed by atoms with Crippen LogP contribution in [-0.4, -0.2) is 59.0 Å². The van der Waals surface area contributed by atoms with E-state index in [0.717, 1.165) is 12.8 Å². The summed E-state index contributed by atoms with van der Waals surface area (Å²) in [5, 5.41) is 31.6. The van der Waals surface area contributed by atoms with Crippen molar-refractivity contribution in [2.24, 2.45) is 0 Å². The first-order valence-electron chi connectivity index (χ1n) is 14.1. The van der Waals surface area contributed by atoms with Gasteiger partial charge >= 0.3 is 0 Å². The molecule has 1 rings (SSSR count). The third-order valence-electron chi connectivity index (χ3n) is 7.01. The largest absolute Gasteiger partial charge is 0.778 e. The molecule has 1 fully saturated rings. The van der Waals surface area contributed by atoms with Crippen molar-refractivity contribution in [3.8, 4) is 0 Å². The fraction of sp³-hybridized carbons (Fsp3) is 1.00. The molecule has 8 heteroatoms. The topological polar surface area (TPSA) is 122 Å². The quantitative estimate of drug-likeness (QED) is 0.117. The number of aliphatic hydroxyl groups excluding tert-OH is 3. The van der Waals surface area contributed by atoms with Gasteiger partial charge in [-0.3, -0.25) is 0 Å². The summed E-state index contributed by atoms with van der Waals surface area (Å²) >= 11 is 0. The van der Waals surface area contributed by atoms with E-state index in [0.29, 0.717) is 6.42 Å². The molecule has 4 N–H and O–H groups in total. The molecule has 1 saturated heterocycles. The van der Waals surface area contributed by atoms with E-state index in [1.807, 2.05) is 0 Å². The van der Waals surface area contributed by atoms with Gasteiger partial charge in [0, 0.05) is 12.2 Å². The molecule has 34 heavy (non-hydrogen) atoms. The monoisotopic (exact) mass is 506 g/mol. The van der Waals surface area contributed by atoms with Crippen LogP contribution in [0.4, 0.5) is 0 Å². The molecular formula is C26H53NO6P-. The van der Waals surface area contributed by atoms with Crippen LogP contribution in [0.25, 0.3) is 0 Å². The number of hydrogen-bond donors (Lipinski definition) is 4. The van der Waals surface area contributed by atoms with E-state index < -0.39 is 31.9 Å². The second-order valence-electron chi connectivity index (χ2n) is 10.2. The van der Waals surface area contributed by atoms with Crippen LogP contribution in [0.5, 0.6) is 0 Å². The molecule has 1 heterocycles. The summed E-state index contributed by atoms with van der Waals surface area (Å²) < 4.78 is 17.2. The van der Waals surface area contributed by atoms with Crippen LogP contribution in [0.1, 0.15) is 122 Å². The maximum Gasteiger partial charge on any atom is 0.136 e. The molecule has 1 aliphatic heterocycles. The van der Waals surface area contributed by atoms with Crippen LogP contribution in [0.3, 0.4) is 0 Å². The lowest BCUT2D eigenvalue weighted by molar-refractivity contribution is -0.199. The van der Waals surface area contributed by atoms with Crippen LogP contribution in [-0.2, 0) is 9.09 Å². The normalized spacial score (nSPS) is 24.5. The molecule has 0 radical (unpaired) electrons. The third-order valence-corrected chi connectivity index (χ3v) is 8.42. The van der Waals surface area contributed by atoms with Crippen molar-refractivity contribution in [2.45, 2.75) is 147 Å². The highest BCUT2D eigenvalue weighted by Gasteiger charge is 2.41. The average molecular weight is 507 g/mol. The predicted octanol–water partition coefficient (Wildman–Crippen LogP) is 4.65. The van der Waals surface area contributed by atoms with Gasteiger partial charge in [0.15, 0.2) is 0 Å². The minimum atomic E-state index is -4.10. The van der Waals surface area contributed by atoms with Crippen LogP contribution in [0, 0.1) is 0 Å². The van der Waals surface area contributed by atoms with Gasteiger partial charge in [0.05, 0.1) is 31.5 Å². The number of unbranched alkanes of at least 4 members (excludes halogenated alkanes) is 17. The molecule has 5 atom stereocenters. The molecule has 0 aliphatic carbocycles. The first-order chi connectivity index (χ1) is 16.4. The van der Waals surface area contributed by atoms with Crippen LogP contribution >= 0.6 is 7.60 Å². The first kappa shape index (κ1) is 32.0. The average Bonchev–Trinajstić information content (AvgIpc) is 3.07. The molecule has 0 saturated carbocycles. The fourth-order valence-electron chi connectivity index (χ4n) is 4.77. The molecule has 7 nitrogen and oxygen atoms in total. The van der Waals surface area contributed by atoms with Gasteiger partial charge in [-0.1, -0.05) is 116 Å². The highest BCUT2D eigenvalue weighted by molar-refractivity contribution is 7.51. The summed E-state index contributed by atoms with van der Waals surface area (Å²) in [7, 11) is -4.10. The number of rotatable bonds is 23. The number of aliphatic hydroxyl groups is 3. The van der Waals surface area contributed by atoms with Crippen molar-refractivity contribution >= 4 is 7.60 Å². The van der Waals surface area contributed by atoms with Gasteiger partial charge in [-0.2, -0.15) is 0 Å². The van der Waals surface area contributed by atoms with E-state index in [9.17, 15) is 19.7 Å². The van der Waals surface area contributed by atoms with Gasteiger partial charge in [0.2, 0.25) is 0 Å². The summed E-state index contributed by atoms with van der Waals surface area (Å²) in [5.41, 5.74) is 0. The van der Waals surface area contributed by atoms with Crippen molar-refractivity contribution in [3.63, 3.8) is 0 Å². The van der Waals surface area contributed by atoms with E-state index in [4.69, 9.17) is 9.63 Å². The predicted molar refractivity (Wildman–Crippen MR) is 137 cm³/mol. The van der Waals surface area contributed by atoms with Gasteiger partial charge in [0.25, 0.3) is 0 Å². The van der Waals surface area contributed by atoms with Crippen molar-refractivity contribution < 1.29 is 29.3 Å². The summed E-state index contributed by atoms with van der Waals surface area (Å²) in [6, 6.07) is -1.54. The minimum Gasteiger partial charge on any atom is -0.778 e. The Bertz CT molecular complexity index is 524. The third kappa shape index (κ3) is 15.2. The molecule has 0 amide bonds. The maximum atomic E-state index is 12.1. The highest BCUT2D eigenvalue weighted by Crippen LogP contribution is 2.39. The first-order valence-corrected chi connectivity index (χ1v) is 15.8. The van der Waals surface area contributed by atoms with Crippen molar-refractivity contribution in [3.05, 3.63) is 0 Å². The van der Waals surface area contributed by atoms with Crippen molar-refractivity contribution in [1.82, 2.24) is 5.32 Å². The van der Waals surface area contributed by atoms with Crippen LogP contribution in [0.15, 0.2) is 0 Å². The van der Waals surface area contributed by atoms with Gasteiger partial charge in [-0.05, 0) is 6.42 Å². The van der Waals surface area contributed by atoms with Crippen molar-refractivity contribution in [1.29, 1.82) is 0 Å². The standard InChI is InChI=1S/C26H54NO6P/c1-2-3-4-5-6-7-8-9-10-11-12-13-14-15-16-17-18-19-20-33-34(31,32)22-24-26(30)25(29)23(21-28)27-24/h23-30H,2-22H2,1H3,(H,31,32)/p-1/t23-,24-,25-,26-/m1/s1. The Kier molecular flexibility index (Phi) is 18.9. The molecule has 204 valence electrons. The van der Waals surface area contributed by atoms with Gasteiger partial charge in [0.1, 0.15) is 7.60 Å². The van der Waals surface area contributed by atoms with Gasteiger partial charge < -0.3 is 34.6 Å². The molecule has 0 bridgehead atoms. The summed E-state index contributed by atoms with van der Waals surface area (Å²) in [4.78, 5) is 12.1. The van der Waals surface area contributed by atoms with E-state index in [1.165, 1.54) is 96.3 Å².